The molecular formula is C22H38O11. The molecule has 0 aliphatic heterocycles. The van der Waals surface area contributed by atoms with Gasteiger partial charge in [0.15, 0.2) is 0 Å². The highest BCUT2D eigenvalue weighted by Crippen LogP contribution is 2.18. The van der Waals surface area contributed by atoms with Gasteiger partial charge in [-0.25, -0.2) is 19.2 Å². The van der Waals surface area contributed by atoms with Crippen molar-refractivity contribution in [3.63, 3.8) is 0 Å². The number of carbonyl (C=O) groups excluding carboxylic acids is 1. The number of unbranched alkanes of at least 4 members (excludes halogenated alkanes) is 1. The summed E-state index contributed by atoms with van der Waals surface area (Å²) in [5, 5.41) is 48.8. The fourth-order valence-electron chi connectivity index (χ4n) is 0.861. The number of carboxylic acid groups (broad SMARTS) is 3. The molecule has 0 amide bonds. The third-order valence-corrected chi connectivity index (χ3v) is 3.19. The van der Waals surface area contributed by atoms with Gasteiger partial charge in [-0.05, 0) is 12.8 Å². The molecule has 0 aromatic rings. The minimum atomic E-state index is -0.981. The van der Waals surface area contributed by atoms with E-state index in [0.717, 1.165) is 31.1 Å². The van der Waals surface area contributed by atoms with Crippen molar-refractivity contribution in [3.05, 3.63) is 50.6 Å². The second kappa shape index (κ2) is 30.9. The number of aliphatic hydroxyl groups is 3. The molecule has 11 nitrogen and oxygen atoms in total. The van der Waals surface area contributed by atoms with E-state index in [9.17, 15) is 19.2 Å². The van der Waals surface area contributed by atoms with Crippen LogP contribution in [0.15, 0.2) is 50.6 Å². The number of rotatable bonds is 11. The number of hydrogen-bond acceptors (Lipinski definition) is 8. The molecule has 0 aromatic carbocycles. The molecule has 0 heterocycles. The lowest BCUT2D eigenvalue weighted by Crippen LogP contribution is -2.32. The molecule has 33 heavy (non-hydrogen) atoms. The highest BCUT2D eigenvalue weighted by molar-refractivity contribution is 5.81. The van der Waals surface area contributed by atoms with Crippen LogP contribution in [-0.4, -0.2) is 80.9 Å². The lowest BCUT2D eigenvalue weighted by molar-refractivity contribution is -0.138. The maximum Gasteiger partial charge on any atom is 0.330 e. The van der Waals surface area contributed by atoms with Gasteiger partial charge in [0, 0.05) is 29.7 Å². The van der Waals surface area contributed by atoms with Crippen molar-refractivity contribution in [2.75, 3.05) is 26.4 Å². The zero-order valence-corrected chi connectivity index (χ0v) is 19.3. The summed E-state index contributed by atoms with van der Waals surface area (Å²) in [5.41, 5.74) is -0.667. The van der Waals surface area contributed by atoms with Crippen LogP contribution in [0.1, 0.15) is 33.1 Å². The van der Waals surface area contributed by atoms with Crippen LogP contribution in [0.4, 0.5) is 0 Å². The highest BCUT2D eigenvalue weighted by atomic mass is 16.5. The number of aliphatic hydroxyl groups excluding tert-OH is 3. The van der Waals surface area contributed by atoms with Crippen molar-refractivity contribution >= 4 is 23.9 Å². The van der Waals surface area contributed by atoms with Crippen molar-refractivity contribution in [2.45, 2.75) is 33.1 Å². The van der Waals surface area contributed by atoms with E-state index in [0.29, 0.717) is 13.0 Å². The van der Waals surface area contributed by atoms with Crippen LogP contribution >= 0.6 is 0 Å². The summed E-state index contributed by atoms with van der Waals surface area (Å²) in [7, 11) is 0. The van der Waals surface area contributed by atoms with Gasteiger partial charge in [0.25, 0.3) is 0 Å². The molecular weight excluding hydrogens is 440 g/mol. The molecule has 0 bridgehead atoms. The predicted octanol–water partition coefficient (Wildman–Crippen LogP) is 1.65. The molecule has 0 aliphatic carbocycles. The van der Waals surface area contributed by atoms with Crippen LogP contribution in [0, 0.1) is 5.41 Å². The SMILES string of the molecule is C=CC(=O)O.C=CC(=O)O.C=CC(=O)O.C=CC(=O)OCCCC.CCC(CO)(CO)CO. The van der Waals surface area contributed by atoms with Gasteiger partial charge in [0.2, 0.25) is 0 Å². The van der Waals surface area contributed by atoms with E-state index in [1.807, 2.05) is 13.8 Å². The van der Waals surface area contributed by atoms with Crippen LogP contribution in [0.2, 0.25) is 0 Å². The third-order valence-electron chi connectivity index (χ3n) is 3.19. The average molecular weight is 479 g/mol. The van der Waals surface area contributed by atoms with Crippen LogP contribution in [-0.2, 0) is 23.9 Å². The largest absolute Gasteiger partial charge is 0.478 e. The second-order valence-electron chi connectivity index (χ2n) is 5.68. The molecule has 0 aromatic heterocycles. The molecule has 11 heteroatoms. The summed E-state index contributed by atoms with van der Waals surface area (Å²) in [6.45, 7) is 16.1. The van der Waals surface area contributed by atoms with Gasteiger partial charge < -0.3 is 35.4 Å². The second-order valence-corrected chi connectivity index (χ2v) is 5.68. The van der Waals surface area contributed by atoms with Crippen molar-refractivity contribution in [3.8, 4) is 0 Å². The summed E-state index contributed by atoms with van der Waals surface area (Å²) < 4.78 is 4.67. The Morgan fingerprint density at radius 1 is 0.727 bits per heavy atom. The topological polar surface area (TPSA) is 199 Å². The normalized spacial score (nSPS) is 8.52. The van der Waals surface area contributed by atoms with Crippen molar-refractivity contribution in [2.24, 2.45) is 5.41 Å². The number of esters is 1. The first-order valence-corrected chi connectivity index (χ1v) is 9.54. The maximum atomic E-state index is 10.3. The molecule has 0 radical (unpaired) electrons. The highest BCUT2D eigenvalue weighted by Gasteiger charge is 2.24. The Kier molecular flexibility index (Phi) is 37.6. The summed E-state index contributed by atoms with van der Waals surface area (Å²) in [4.78, 5) is 38.1. The molecule has 0 spiro atoms. The van der Waals surface area contributed by atoms with Crippen LogP contribution in [0.5, 0.6) is 0 Å². The fourth-order valence-corrected chi connectivity index (χ4v) is 0.861. The summed E-state index contributed by atoms with van der Waals surface area (Å²) in [5.74, 6) is -3.27. The Labute approximate surface area is 194 Å². The van der Waals surface area contributed by atoms with E-state index >= 15 is 0 Å². The molecule has 0 saturated carbocycles. The first kappa shape index (κ1) is 40.1. The number of hydrogen-bond donors (Lipinski definition) is 6. The monoisotopic (exact) mass is 478 g/mol. The van der Waals surface area contributed by atoms with E-state index in [1.54, 1.807) is 0 Å². The third kappa shape index (κ3) is 43.5. The number of aliphatic carboxylic acids is 3. The van der Waals surface area contributed by atoms with Gasteiger partial charge in [-0.3, -0.25) is 0 Å². The van der Waals surface area contributed by atoms with Gasteiger partial charge in [-0.1, -0.05) is 46.6 Å². The van der Waals surface area contributed by atoms with E-state index in [2.05, 4.69) is 31.1 Å². The lowest BCUT2D eigenvalue weighted by atomic mass is 9.88. The van der Waals surface area contributed by atoms with Crippen LogP contribution in [0.3, 0.4) is 0 Å². The molecule has 0 aliphatic rings. The molecule has 192 valence electrons. The van der Waals surface area contributed by atoms with Crippen molar-refractivity contribution < 1.29 is 54.6 Å². The number of carboxylic acids is 3. The Hall–Kier alpha value is -3.28. The minimum absolute atomic E-state index is 0.156. The molecule has 0 fully saturated rings. The first-order chi connectivity index (χ1) is 15.4. The predicted molar refractivity (Wildman–Crippen MR) is 124 cm³/mol. The standard InChI is InChI=1S/C7H12O2.C6H14O3.3C3H4O2/c1-3-5-6-9-7(8)4-2;1-2-6(3-7,4-8)5-9;3*1-2-3(4)5/h4H,2-3,5-6H2,1H3;7-9H,2-5H2,1H3;3*2H,1H2,(H,4,5). The zero-order chi connectivity index (χ0) is 27.3. The summed E-state index contributed by atoms with van der Waals surface area (Å²) >= 11 is 0. The van der Waals surface area contributed by atoms with Crippen molar-refractivity contribution in [1.82, 2.24) is 0 Å². The average Bonchev–Trinajstić information content (AvgIpc) is 2.82. The van der Waals surface area contributed by atoms with Crippen LogP contribution < -0.4 is 0 Å². The number of carbonyl (C=O) groups is 4. The van der Waals surface area contributed by atoms with Gasteiger partial charge in [0.05, 0.1) is 26.4 Å². The van der Waals surface area contributed by atoms with Gasteiger partial charge in [0.1, 0.15) is 0 Å². The number of ether oxygens (including phenoxy) is 1. The molecule has 0 rings (SSSR count). The molecule has 0 atom stereocenters. The molecule has 0 saturated heterocycles. The Bertz CT molecular complexity index is 504. The van der Waals surface area contributed by atoms with Gasteiger partial charge in [-0.15, -0.1) is 0 Å². The van der Waals surface area contributed by atoms with E-state index in [4.69, 9.17) is 30.6 Å². The van der Waals surface area contributed by atoms with Crippen molar-refractivity contribution in [1.29, 1.82) is 0 Å². The maximum absolute atomic E-state index is 10.3. The Morgan fingerprint density at radius 3 is 1.15 bits per heavy atom. The quantitative estimate of drug-likeness (QED) is 0.143. The van der Waals surface area contributed by atoms with E-state index in [1.165, 1.54) is 6.08 Å². The molecule has 6 N–H and O–H groups in total. The lowest BCUT2D eigenvalue weighted by Gasteiger charge is -2.24. The zero-order valence-electron chi connectivity index (χ0n) is 19.3. The van der Waals surface area contributed by atoms with Crippen LogP contribution in [0.25, 0.3) is 0 Å². The van der Waals surface area contributed by atoms with E-state index < -0.39 is 23.3 Å². The Morgan fingerprint density at radius 2 is 1.03 bits per heavy atom. The molecule has 0 unspecified atom stereocenters. The fraction of sp³-hybridized carbons (Fsp3) is 0.455. The first-order valence-electron chi connectivity index (χ1n) is 9.54. The smallest absolute Gasteiger partial charge is 0.330 e. The van der Waals surface area contributed by atoms with E-state index in [-0.39, 0.29) is 25.8 Å². The minimum Gasteiger partial charge on any atom is -0.478 e. The summed E-state index contributed by atoms with van der Waals surface area (Å²) in [6.07, 6.45) is 6.25. The van der Waals surface area contributed by atoms with Gasteiger partial charge in [-0.2, -0.15) is 0 Å². The summed E-state index contributed by atoms with van der Waals surface area (Å²) in [6, 6.07) is 0. The van der Waals surface area contributed by atoms with Gasteiger partial charge >= 0.3 is 23.9 Å². The Balaban J connectivity index is -0.000000102.